The molecule has 0 saturated carbocycles. The zero-order valence-electron chi connectivity index (χ0n) is 13.6. The van der Waals surface area contributed by atoms with E-state index in [2.05, 4.69) is 25.7 Å². The smallest absolute Gasteiger partial charge is 0.406 e. The Bertz CT molecular complexity index is 778. The predicted molar refractivity (Wildman–Crippen MR) is 96.3 cm³/mol. The van der Waals surface area contributed by atoms with Gasteiger partial charge in [0, 0.05) is 23.3 Å². The van der Waals surface area contributed by atoms with Crippen LogP contribution in [0.2, 0.25) is 0 Å². The summed E-state index contributed by atoms with van der Waals surface area (Å²) in [7, 11) is 1.61. The Hall–Kier alpha value is -2.22. The first-order chi connectivity index (χ1) is 11.7. The van der Waals surface area contributed by atoms with Crippen LogP contribution < -0.4 is 15.4 Å². The topological polar surface area (TPSA) is 50.8 Å². The van der Waals surface area contributed by atoms with E-state index < -0.39 is 6.36 Å². The second-order valence-electron chi connectivity index (χ2n) is 5.21. The van der Waals surface area contributed by atoms with Gasteiger partial charge in [-0.05, 0) is 52.2 Å². The van der Waals surface area contributed by atoms with Gasteiger partial charge < -0.3 is 15.4 Å². The monoisotopic (exact) mass is 415 g/mol. The fourth-order valence-electron chi connectivity index (χ4n) is 2.08. The van der Waals surface area contributed by atoms with Crippen LogP contribution in [0.25, 0.3) is 0 Å². The van der Waals surface area contributed by atoms with E-state index in [1.165, 1.54) is 23.1 Å². The van der Waals surface area contributed by atoms with Gasteiger partial charge in [0.05, 0.1) is 5.69 Å². The van der Waals surface area contributed by atoms with E-state index in [1.807, 2.05) is 25.1 Å². The highest BCUT2D eigenvalue weighted by Crippen LogP contribution is 2.29. The summed E-state index contributed by atoms with van der Waals surface area (Å²) in [4.78, 5) is 5.84. The molecular weight excluding hydrogens is 399 g/mol. The molecule has 0 spiro atoms. The van der Waals surface area contributed by atoms with Crippen LogP contribution in [0.1, 0.15) is 12.5 Å². The van der Waals surface area contributed by atoms with Crippen LogP contribution in [0.4, 0.5) is 24.5 Å². The lowest BCUT2D eigenvalue weighted by Gasteiger charge is -2.19. The number of nitrogens with two attached hydrogens (primary N) is 1. The SMILES string of the molecule is CCc1ccc(Br)c(N=C(N)N(C)c2cccc(OC(F)(F)F)c2)c1. The van der Waals surface area contributed by atoms with Crippen molar-refractivity contribution in [1.29, 1.82) is 0 Å². The summed E-state index contributed by atoms with van der Waals surface area (Å²) >= 11 is 3.41. The van der Waals surface area contributed by atoms with Crippen LogP contribution in [0.15, 0.2) is 51.9 Å². The molecule has 0 saturated heterocycles. The van der Waals surface area contributed by atoms with E-state index in [4.69, 9.17) is 5.73 Å². The number of ether oxygens (including phenoxy) is 1. The molecule has 0 aliphatic heterocycles. The minimum atomic E-state index is -4.75. The summed E-state index contributed by atoms with van der Waals surface area (Å²) in [5.41, 5.74) is 8.17. The summed E-state index contributed by atoms with van der Waals surface area (Å²) < 4.78 is 41.7. The predicted octanol–water partition coefficient (Wildman–Crippen LogP) is 4.99. The summed E-state index contributed by atoms with van der Waals surface area (Å²) in [6.07, 6.45) is -3.90. The largest absolute Gasteiger partial charge is 0.573 e. The number of rotatable bonds is 4. The highest BCUT2D eigenvalue weighted by atomic mass is 79.9. The number of hydrogen-bond acceptors (Lipinski definition) is 2. The fourth-order valence-corrected chi connectivity index (χ4v) is 2.42. The third-order valence-corrected chi connectivity index (χ3v) is 4.11. The molecule has 2 aromatic carbocycles. The number of alkyl halides is 3. The van der Waals surface area contributed by atoms with Crippen LogP contribution in [0, 0.1) is 0 Å². The molecule has 2 N–H and O–H groups in total. The number of aryl methyl sites for hydroxylation is 1. The van der Waals surface area contributed by atoms with Crippen molar-refractivity contribution < 1.29 is 17.9 Å². The zero-order chi connectivity index (χ0) is 18.6. The molecule has 2 rings (SSSR count). The lowest BCUT2D eigenvalue weighted by atomic mass is 10.1. The molecule has 2 aromatic rings. The molecule has 0 heterocycles. The molecule has 0 bridgehead atoms. The van der Waals surface area contributed by atoms with Gasteiger partial charge >= 0.3 is 6.36 Å². The number of anilines is 1. The molecule has 0 aromatic heterocycles. The summed E-state index contributed by atoms with van der Waals surface area (Å²) in [5.74, 6) is -0.183. The van der Waals surface area contributed by atoms with Gasteiger partial charge in [0.15, 0.2) is 0 Å². The van der Waals surface area contributed by atoms with Crippen molar-refractivity contribution in [3.63, 3.8) is 0 Å². The van der Waals surface area contributed by atoms with Crippen LogP contribution in [0.3, 0.4) is 0 Å². The van der Waals surface area contributed by atoms with Gasteiger partial charge in [-0.1, -0.05) is 19.1 Å². The standard InChI is InChI=1S/C17H17BrF3N3O/c1-3-11-7-8-14(18)15(9-11)23-16(22)24(2)12-5-4-6-13(10-12)25-17(19,20)21/h4-10H,3H2,1-2H3,(H2,22,23). The summed E-state index contributed by atoms with van der Waals surface area (Å²) in [6.45, 7) is 2.03. The number of aliphatic imine (C=N–C) groups is 1. The zero-order valence-corrected chi connectivity index (χ0v) is 15.2. The van der Waals surface area contributed by atoms with Crippen LogP contribution in [-0.4, -0.2) is 19.4 Å². The molecule has 0 radical (unpaired) electrons. The van der Waals surface area contributed by atoms with Crippen LogP contribution in [0.5, 0.6) is 5.75 Å². The molecule has 0 amide bonds. The molecule has 4 nitrogen and oxygen atoms in total. The maximum Gasteiger partial charge on any atom is 0.573 e. The molecule has 0 unspecified atom stereocenters. The first-order valence-electron chi connectivity index (χ1n) is 7.41. The third-order valence-electron chi connectivity index (χ3n) is 3.44. The maximum atomic E-state index is 12.3. The van der Waals surface area contributed by atoms with Gasteiger partial charge in [0.2, 0.25) is 5.96 Å². The summed E-state index contributed by atoms with van der Waals surface area (Å²) in [5, 5.41) is 0. The van der Waals surface area contributed by atoms with Gasteiger partial charge in [-0.25, -0.2) is 4.99 Å². The van der Waals surface area contributed by atoms with Crippen molar-refractivity contribution in [3.05, 3.63) is 52.5 Å². The number of hydrogen-bond donors (Lipinski definition) is 1. The lowest BCUT2D eigenvalue weighted by Crippen LogP contribution is -2.33. The summed E-state index contributed by atoms with van der Waals surface area (Å²) in [6, 6.07) is 11.3. The second-order valence-corrected chi connectivity index (χ2v) is 6.07. The van der Waals surface area contributed by atoms with Gasteiger partial charge in [-0.3, -0.25) is 0 Å². The molecule has 25 heavy (non-hydrogen) atoms. The Morgan fingerprint density at radius 3 is 2.60 bits per heavy atom. The Balaban J connectivity index is 2.28. The van der Waals surface area contributed by atoms with Gasteiger partial charge in [0.1, 0.15) is 5.75 Å². The van der Waals surface area contributed by atoms with Crippen molar-refractivity contribution in [1.82, 2.24) is 0 Å². The molecule has 0 aliphatic carbocycles. The van der Waals surface area contributed by atoms with Gasteiger partial charge in [0.25, 0.3) is 0 Å². The maximum absolute atomic E-state index is 12.3. The number of guanidine groups is 1. The van der Waals surface area contributed by atoms with Crippen molar-refractivity contribution in [2.75, 3.05) is 11.9 Å². The molecule has 0 fully saturated rings. The Morgan fingerprint density at radius 1 is 1.24 bits per heavy atom. The van der Waals surface area contributed by atoms with Gasteiger partial charge in [-0.2, -0.15) is 0 Å². The van der Waals surface area contributed by atoms with Gasteiger partial charge in [-0.15, -0.1) is 13.2 Å². The molecule has 8 heteroatoms. The van der Waals surface area contributed by atoms with E-state index in [0.717, 1.165) is 16.5 Å². The fraction of sp³-hybridized carbons (Fsp3) is 0.235. The Morgan fingerprint density at radius 2 is 1.96 bits per heavy atom. The molecular formula is C17H17BrF3N3O. The number of benzene rings is 2. The number of halogens is 4. The van der Waals surface area contributed by atoms with Crippen molar-refractivity contribution in [2.45, 2.75) is 19.7 Å². The van der Waals surface area contributed by atoms with E-state index in [0.29, 0.717) is 11.4 Å². The highest BCUT2D eigenvalue weighted by molar-refractivity contribution is 9.10. The van der Waals surface area contributed by atoms with Crippen LogP contribution in [-0.2, 0) is 6.42 Å². The molecule has 0 aliphatic rings. The van der Waals surface area contributed by atoms with E-state index in [-0.39, 0.29) is 11.7 Å². The van der Waals surface area contributed by atoms with E-state index in [9.17, 15) is 13.2 Å². The molecule has 0 atom stereocenters. The average molecular weight is 416 g/mol. The minimum absolute atomic E-state index is 0.137. The van der Waals surface area contributed by atoms with Crippen molar-refractivity contribution in [2.24, 2.45) is 10.7 Å². The van der Waals surface area contributed by atoms with Crippen LogP contribution >= 0.6 is 15.9 Å². The highest BCUT2D eigenvalue weighted by Gasteiger charge is 2.31. The third kappa shape index (κ3) is 5.38. The number of nitrogens with zero attached hydrogens (tertiary/aromatic N) is 2. The lowest BCUT2D eigenvalue weighted by molar-refractivity contribution is -0.274. The first-order valence-corrected chi connectivity index (χ1v) is 8.21. The molecule has 134 valence electrons. The Labute approximate surface area is 152 Å². The normalized spacial score (nSPS) is 12.2. The van der Waals surface area contributed by atoms with Crippen molar-refractivity contribution >= 4 is 33.3 Å². The quantitative estimate of drug-likeness (QED) is 0.564. The van der Waals surface area contributed by atoms with Crippen molar-refractivity contribution in [3.8, 4) is 5.75 Å². The minimum Gasteiger partial charge on any atom is -0.406 e. The second kappa shape index (κ2) is 7.77. The average Bonchev–Trinajstić information content (AvgIpc) is 2.54. The van der Waals surface area contributed by atoms with E-state index in [1.54, 1.807) is 13.1 Å². The first kappa shape index (κ1) is 19.1. The van der Waals surface area contributed by atoms with E-state index >= 15 is 0 Å². The Kier molecular flexibility index (Phi) is 5.94.